The van der Waals surface area contributed by atoms with Crippen molar-refractivity contribution < 1.29 is 14.3 Å². The molecule has 0 bridgehead atoms. The second-order valence-corrected chi connectivity index (χ2v) is 6.30. The number of unbranched alkanes of at least 4 members (excludes halogenated alkanes) is 1. The fourth-order valence-corrected chi connectivity index (χ4v) is 2.91. The molecule has 118 valence electrons. The van der Waals surface area contributed by atoms with E-state index in [0.29, 0.717) is 6.10 Å². The summed E-state index contributed by atoms with van der Waals surface area (Å²) in [6.45, 7) is 5.01. The van der Waals surface area contributed by atoms with Crippen molar-refractivity contribution in [2.45, 2.75) is 70.4 Å². The summed E-state index contributed by atoms with van der Waals surface area (Å²) in [4.78, 5) is 11.7. The normalized spacial score (nSPS) is 26.0. The summed E-state index contributed by atoms with van der Waals surface area (Å²) in [5.74, 6) is 0.614. The van der Waals surface area contributed by atoms with Crippen molar-refractivity contribution in [3.8, 4) is 0 Å². The Morgan fingerprint density at radius 2 is 2.10 bits per heavy atom. The summed E-state index contributed by atoms with van der Waals surface area (Å²) < 4.78 is 10.8. The van der Waals surface area contributed by atoms with Gasteiger partial charge in [0.2, 0.25) is 0 Å². The number of hydrogen-bond donors (Lipinski definition) is 1. The van der Waals surface area contributed by atoms with E-state index in [1.54, 1.807) is 7.05 Å². The van der Waals surface area contributed by atoms with Gasteiger partial charge in [-0.05, 0) is 52.0 Å². The highest BCUT2D eigenvalue weighted by molar-refractivity contribution is 5.80. The van der Waals surface area contributed by atoms with Crippen LogP contribution in [0, 0.1) is 5.92 Å². The fraction of sp³-hybridized carbons (Fsp3) is 0.938. The van der Waals surface area contributed by atoms with Crippen LogP contribution in [0.4, 0.5) is 0 Å². The Balaban J connectivity index is 2.16. The van der Waals surface area contributed by atoms with Gasteiger partial charge < -0.3 is 14.8 Å². The number of likely N-dealkylation sites (N-methyl/N-ethyl adjacent to an activating group) is 1. The average Bonchev–Trinajstić information content (AvgIpc) is 2.45. The largest absolute Gasteiger partial charge is 0.468 e. The molecule has 20 heavy (non-hydrogen) atoms. The summed E-state index contributed by atoms with van der Waals surface area (Å²) in [7, 11) is 3.24. The quantitative estimate of drug-likeness (QED) is 0.550. The number of carbonyl (C=O) groups excluding carboxylic acids is 1. The Labute approximate surface area is 123 Å². The van der Waals surface area contributed by atoms with Gasteiger partial charge in [0.1, 0.15) is 5.54 Å². The van der Waals surface area contributed by atoms with Crippen molar-refractivity contribution in [2.75, 3.05) is 20.8 Å². The van der Waals surface area contributed by atoms with Gasteiger partial charge in [0.15, 0.2) is 0 Å². The monoisotopic (exact) mass is 285 g/mol. The third-order valence-corrected chi connectivity index (χ3v) is 4.50. The van der Waals surface area contributed by atoms with Crippen LogP contribution in [-0.4, -0.2) is 38.4 Å². The summed E-state index contributed by atoms with van der Waals surface area (Å²) in [6.07, 6.45) is 8.26. The maximum absolute atomic E-state index is 11.7. The molecule has 1 aliphatic carbocycles. The highest BCUT2D eigenvalue weighted by Gasteiger charge is 2.31. The molecule has 0 spiro atoms. The SMILES string of the molecule is CNC(C)(CCCCOC1CCCC(C)C1)C(=O)OC. The van der Waals surface area contributed by atoms with E-state index in [1.165, 1.54) is 32.8 Å². The summed E-state index contributed by atoms with van der Waals surface area (Å²) in [5, 5.41) is 3.06. The number of esters is 1. The molecular formula is C16H31NO3. The predicted octanol–water partition coefficient (Wildman–Crippen LogP) is 2.90. The smallest absolute Gasteiger partial charge is 0.325 e. The van der Waals surface area contributed by atoms with Crippen LogP contribution in [-0.2, 0) is 14.3 Å². The third kappa shape index (κ3) is 5.41. The molecule has 0 amide bonds. The Bertz CT molecular complexity index is 295. The zero-order valence-corrected chi connectivity index (χ0v) is 13.5. The number of hydrogen-bond acceptors (Lipinski definition) is 4. The predicted molar refractivity (Wildman–Crippen MR) is 80.7 cm³/mol. The molecule has 0 aromatic carbocycles. The van der Waals surface area contributed by atoms with Gasteiger partial charge in [0.05, 0.1) is 13.2 Å². The van der Waals surface area contributed by atoms with Crippen LogP contribution >= 0.6 is 0 Å². The zero-order valence-electron chi connectivity index (χ0n) is 13.5. The molecule has 4 nitrogen and oxygen atoms in total. The Morgan fingerprint density at radius 1 is 1.35 bits per heavy atom. The summed E-state index contributed by atoms with van der Waals surface area (Å²) in [5.41, 5.74) is -0.575. The van der Waals surface area contributed by atoms with E-state index < -0.39 is 5.54 Å². The van der Waals surface area contributed by atoms with Crippen LogP contribution < -0.4 is 5.32 Å². The van der Waals surface area contributed by atoms with Crippen molar-refractivity contribution in [1.29, 1.82) is 0 Å². The fourth-order valence-electron chi connectivity index (χ4n) is 2.91. The molecule has 1 aliphatic rings. The lowest BCUT2D eigenvalue weighted by molar-refractivity contribution is -0.148. The number of methoxy groups -OCH3 is 1. The van der Waals surface area contributed by atoms with Crippen molar-refractivity contribution in [2.24, 2.45) is 5.92 Å². The molecule has 1 fully saturated rings. The third-order valence-electron chi connectivity index (χ3n) is 4.50. The lowest BCUT2D eigenvalue weighted by Crippen LogP contribution is -2.48. The van der Waals surface area contributed by atoms with Gasteiger partial charge in [-0.2, -0.15) is 0 Å². The van der Waals surface area contributed by atoms with Crippen LogP contribution in [0.2, 0.25) is 0 Å². The molecule has 3 atom stereocenters. The summed E-state index contributed by atoms with van der Waals surface area (Å²) >= 11 is 0. The first-order valence-corrected chi connectivity index (χ1v) is 7.90. The molecule has 1 N–H and O–H groups in total. The van der Waals surface area contributed by atoms with Gasteiger partial charge in [0.25, 0.3) is 0 Å². The maximum atomic E-state index is 11.7. The van der Waals surface area contributed by atoms with Crippen molar-refractivity contribution in [3.63, 3.8) is 0 Å². The van der Waals surface area contributed by atoms with Crippen molar-refractivity contribution in [3.05, 3.63) is 0 Å². The lowest BCUT2D eigenvalue weighted by Gasteiger charge is -2.27. The van der Waals surface area contributed by atoms with E-state index in [9.17, 15) is 4.79 Å². The van der Waals surface area contributed by atoms with E-state index in [0.717, 1.165) is 31.8 Å². The maximum Gasteiger partial charge on any atom is 0.325 e. The molecule has 0 saturated heterocycles. The number of ether oxygens (including phenoxy) is 2. The van der Waals surface area contributed by atoms with Gasteiger partial charge in [-0.1, -0.05) is 19.8 Å². The molecule has 0 aliphatic heterocycles. The highest BCUT2D eigenvalue weighted by atomic mass is 16.5. The molecule has 0 aromatic rings. The number of carbonyl (C=O) groups is 1. The van der Waals surface area contributed by atoms with Crippen LogP contribution in [0.15, 0.2) is 0 Å². The van der Waals surface area contributed by atoms with E-state index in [1.807, 2.05) is 6.92 Å². The highest BCUT2D eigenvalue weighted by Crippen LogP contribution is 2.26. The van der Waals surface area contributed by atoms with Crippen LogP contribution in [0.5, 0.6) is 0 Å². The van der Waals surface area contributed by atoms with Crippen molar-refractivity contribution in [1.82, 2.24) is 5.32 Å². The first kappa shape index (κ1) is 17.4. The standard InChI is InChI=1S/C16H31NO3/c1-13-8-7-9-14(12-13)20-11-6-5-10-16(2,17-3)15(18)19-4/h13-14,17H,5-12H2,1-4H3. The zero-order chi connectivity index (χ0) is 15.0. The summed E-state index contributed by atoms with van der Waals surface area (Å²) in [6, 6.07) is 0. The van der Waals surface area contributed by atoms with E-state index >= 15 is 0 Å². The van der Waals surface area contributed by atoms with Gasteiger partial charge in [-0.3, -0.25) is 4.79 Å². The topological polar surface area (TPSA) is 47.6 Å². The number of nitrogens with one attached hydrogen (secondary N) is 1. The molecule has 4 heteroatoms. The molecule has 0 heterocycles. The van der Waals surface area contributed by atoms with Crippen LogP contribution in [0.1, 0.15) is 58.8 Å². The van der Waals surface area contributed by atoms with Gasteiger partial charge in [-0.15, -0.1) is 0 Å². The first-order valence-electron chi connectivity index (χ1n) is 7.90. The van der Waals surface area contributed by atoms with Gasteiger partial charge in [0, 0.05) is 6.61 Å². The molecular weight excluding hydrogens is 254 g/mol. The van der Waals surface area contributed by atoms with Crippen LogP contribution in [0.3, 0.4) is 0 Å². The minimum atomic E-state index is -0.575. The molecule has 0 radical (unpaired) electrons. The Morgan fingerprint density at radius 3 is 2.70 bits per heavy atom. The molecule has 3 unspecified atom stereocenters. The second kappa shape index (κ2) is 8.63. The molecule has 1 saturated carbocycles. The van der Waals surface area contributed by atoms with Gasteiger partial charge in [-0.25, -0.2) is 0 Å². The first-order chi connectivity index (χ1) is 9.51. The average molecular weight is 285 g/mol. The minimum Gasteiger partial charge on any atom is -0.468 e. The Hall–Kier alpha value is -0.610. The Kier molecular flexibility index (Phi) is 7.52. The van der Waals surface area contributed by atoms with E-state index in [2.05, 4.69) is 12.2 Å². The van der Waals surface area contributed by atoms with Crippen LogP contribution in [0.25, 0.3) is 0 Å². The van der Waals surface area contributed by atoms with E-state index in [4.69, 9.17) is 9.47 Å². The molecule has 1 rings (SSSR count). The van der Waals surface area contributed by atoms with Gasteiger partial charge >= 0.3 is 5.97 Å². The molecule has 0 aromatic heterocycles. The van der Waals surface area contributed by atoms with Crippen molar-refractivity contribution >= 4 is 5.97 Å². The minimum absolute atomic E-state index is 0.193. The second-order valence-electron chi connectivity index (χ2n) is 6.30. The van der Waals surface area contributed by atoms with E-state index in [-0.39, 0.29) is 5.97 Å². The lowest BCUT2D eigenvalue weighted by atomic mass is 9.89. The number of rotatable bonds is 8.